The zero-order chi connectivity index (χ0) is 15.4. The predicted molar refractivity (Wildman–Crippen MR) is 87.3 cm³/mol. The molecule has 22 heavy (non-hydrogen) atoms. The highest BCUT2D eigenvalue weighted by Crippen LogP contribution is 2.22. The predicted octanol–water partition coefficient (Wildman–Crippen LogP) is 3.91. The van der Waals surface area contributed by atoms with Crippen LogP contribution in [0.5, 0.6) is 5.75 Å². The molecule has 0 fully saturated rings. The molecule has 1 N–H and O–H groups in total. The largest absolute Gasteiger partial charge is 0.484 e. The lowest BCUT2D eigenvalue weighted by atomic mass is 10.1. The van der Waals surface area contributed by atoms with Gasteiger partial charge in [-0.05, 0) is 36.4 Å². The number of rotatable bonds is 4. The molecule has 0 bridgehead atoms. The first-order valence-corrected chi connectivity index (χ1v) is 7.11. The Morgan fingerprint density at radius 2 is 1.95 bits per heavy atom. The van der Waals surface area contributed by atoms with Crippen LogP contribution in [-0.4, -0.2) is 17.5 Å². The number of carbonyl (C=O) groups excluding carboxylic acids is 1. The van der Waals surface area contributed by atoms with Crippen molar-refractivity contribution in [2.75, 3.05) is 11.9 Å². The van der Waals surface area contributed by atoms with Gasteiger partial charge in [-0.25, -0.2) is 0 Å². The first-order chi connectivity index (χ1) is 10.7. The lowest BCUT2D eigenvalue weighted by molar-refractivity contribution is -0.118. The minimum absolute atomic E-state index is 0.0664. The number of hydrogen-bond acceptors (Lipinski definition) is 3. The monoisotopic (exact) mass is 312 g/mol. The summed E-state index contributed by atoms with van der Waals surface area (Å²) in [6.45, 7) is -0.0664. The zero-order valence-electron chi connectivity index (χ0n) is 11.6. The molecule has 4 nitrogen and oxygen atoms in total. The maximum absolute atomic E-state index is 12.0. The Bertz CT molecular complexity index is 798. The number of ether oxygens (including phenoxy) is 1. The fourth-order valence-corrected chi connectivity index (χ4v) is 2.22. The van der Waals surface area contributed by atoms with Gasteiger partial charge in [0.1, 0.15) is 5.75 Å². The molecule has 0 radical (unpaired) electrons. The van der Waals surface area contributed by atoms with Crippen molar-refractivity contribution in [1.29, 1.82) is 0 Å². The van der Waals surface area contributed by atoms with Crippen LogP contribution in [0.4, 0.5) is 5.69 Å². The molecule has 2 aromatic carbocycles. The first-order valence-electron chi connectivity index (χ1n) is 6.73. The maximum Gasteiger partial charge on any atom is 0.262 e. The lowest BCUT2D eigenvalue weighted by Gasteiger charge is -2.09. The third kappa shape index (κ3) is 3.35. The normalized spacial score (nSPS) is 10.4. The van der Waals surface area contributed by atoms with Crippen LogP contribution >= 0.6 is 11.6 Å². The van der Waals surface area contributed by atoms with Gasteiger partial charge in [-0.15, -0.1) is 0 Å². The summed E-state index contributed by atoms with van der Waals surface area (Å²) in [5.41, 5.74) is 0.740. The standard InChI is InChI=1S/C17H13ClN2O2/c18-13-4-6-14(7-5-13)22-11-17(21)20-16-3-1-2-12-10-19-9-8-15(12)16/h1-10H,11H2,(H,20,21). The van der Waals surface area contributed by atoms with Gasteiger partial charge < -0.3 is 10.1 Å². The van der Waals surface area contributed by atoms with E-state index in [4.69, 9.17) is 16.3 Å². The molecule has 0 aliphatic rings. The van der Waals surface area contributed by atoms with Crippen LogP contribution in [0.3, 0.4) is 0 Å². The Labute approximate surface area is 132 Å². The van der Waals surface area contributed by atoms with Gasteiger partial charge in [0.25, 0.3) is 5.91 Å². The molecule has 0 atom stereocenters. The number of fused-ring (bicyclic) bond motifs is 1. The van der Waals surface area contributed by atoms with E-state index in [0.717, 1.165) is 16.5 Å². The SMILES string of the molecule is O=C(COc1ccc(Cl)cc1)Nc1cccc2cnccc12. The number of amides is 1. The van der Waals surface area contributed by atoms with E-state index in [0.29, 0.717) is 10.8 Å². The molecule has 1 amide bonds. The highest BCUT2D eigenvalue weighted by Gasteiger charge is 2.06. The van der Waals surface area contributed by atoms with Crippen LogP contribution in [0.2, 0.25) is 5.02 Å². The summed E-state index contributed by atoms with van der Waals surface area (Å²) in [6, 6.07) is 14.4. The van der Waals surface area contributed by atoms with E-state index in [-0.39, 0.29) is 12.5 Å². The number of nitrogens with one attached hydrogen (secondary N) is 1. The van der Waals surface area contributed by atoms with Crippen molar-refractivity contribution in [2.45, 2.75) is 0 Å². The molecule has 1 aromatic heterocycles. The summed E-state index contributed by atoms with van der Waals surface area (Å²) in [4.78, 5) is 16.1. The second-order valence-corrected chi connectivity index (χ2v) is 5.13. The second-order valence-electron chi connectivity index (χ2n) is 4.69. The van der Waals surface area contributed by atoms with Gasteiger partial charge >= 0.3 is 0 Å². The third-order valence-corrected chi connectivity index (χ3v) is 3.39. The lowest BCUT2D eigenvalue weighted by Crippen LogP contribution is -2.20. The minimum atomic E-state index is -0.223. The molecule has 0 saturated carbocycles. The van der Waals surface area contributed by atoms with Crippen molar-refractivity contribution >= 4 is 34.0 Å². The number of aromatic nitrogens is 1. The first kappa shape index (κ1) is 14.4. The van der Waals surface area contributed by atoms with Crippen molar-refractivity contribution in [1.82, 2.24) is 4.98 Å². The van der Waals surface area contributed by atoms with Gasteiger partial charge in [0.15, 0.2) is 6.61 Å². The second kappa shape index (κ2) is 6.45. The van der Waals surface area contributed by atoms with Crippen LogP contribution in [-0.2, 0) is 4.79 Å². The van der Waals surface area contributed by atoms with E-state index in [1.807, 2.05) is 24.3 Å². The van der Waals surface area contributed by atoms with E-state index in [9.17, 15) is 4.79 Å². The van der Waals surface area contributed by atoms with Crippen molar-refractivity contribution in [3.8, 4) is 5.75 Å². The van der Waals surface area contributed by atoms with Gasteiger partial charge in [0.2, 0.25) is 0 Å². The van der Waals surface area contributed by atoms with Gasteiger partial charge in [0.05, 0.1) is 0 Å². The molecule has 5 heteroatoms. The molecular weight excluding hydrogens is 300 g/mol. The average molecular weight is 313 g/mol. The van der Waals surface area contributed by atoms with Crippen molar-refractivity contribution in [3.05, 3.63) is 65.9 Å². The van der Waals surface area contributed by atoms with E-state index >= 15 is 0 Å². The number of pyridine rings is 1. The Hall–Kier alpha value is -2.59. The molecule has 3 rings (SSSR count). The topological polar surface area (TPSA) is 51.2 Å². The summed E-state index contributed by atoms with van der Waals surface area (Å²) in [6.07, 6.45) is 3.46. The van der Waals surface area contributed by atoms with Gasteiger partial charge in [-0.2, -0.15) is 0 Å². The molecule has 0 unspecified atom stereocenters. The molecule has 3 aromatic rings. The van der Waals surface area contributed by atoms with Crippen LogP contribution in [0, 0.1) is 0 Å². The molecular formula is C17H13ClN2O2. The van der Waals surface area contributed by atoms with Crippen LogP contribution in [0.25, 0.3) is 10.8 Å². The average Bonchev–Trinajstić information content (AvgIpc) is 2.55. The molecule has 0 saturated heterocycles. The summed E-state index contributed by atoms with van der Waals surface area (Å²) in [7, 11) is 0. The van der Waals surface area contributed by atoms with E-state index in [2.05, 4.69) is 10.3 Å². The van der Waals surface area contributed by atoms with Crippen LogP contribution in [0.15, 0.2) is 60.9 Å². The van der Waals surface area contributed by atoms with Crippen LogP contribution < -0.4 is 10.1 Å². The molecule has 0 spiro atoms. The third-order valence-electron chi connectivity index (χ3n) is 3.14. The summed E-state index contributed by atoms with van der Waals surface area (Å²) < 4.78 is 5.42. The molecule has 0 aliphatic heterocycles. The van der Waals surface area contributed by atoms with Gasteiger partial charge in [0, 0.05) is 33.9 Å². The summed E-state index contributed by atoms with van der Waals surface area (Å²) >= 11 is 5.80. The molecule has 0 aliphatic carbocycles. The number of halogens is 1. The fraction of sp³-hybridized carbons (Fsp3) is 0.0588. The minimum Gasteiger partial charge on any atom is -0.484 e. The Balaban J connectivity index is 1.67. The number of benzene rings is 2. The van der Waals surface area contributed by atoms with Gasteiger partial charge in [-0.1, -0.05) is 23.7 Å². The number of carbonyl (C=O) groups is 1. The Morgan fingerprint density at radius 3 is 2.77 bits per heavy atom. The van der Waals surface area contributed by atoms with Crippen molar-refractivity contribution in [2.24, 2.45) is 0 Å². The molecule has 1 heterocycles. The van der Waals surface area contributed by atoms with E-state index < -0.39 is 0 Å². The van der Waals surface area contributed by atoms with Gasteiger partial charge in [-0.3, -0.25) is 9.78 Å². The van der Waals surface area contributed by atoms with Crippen molar-refractivity contribution < 1.29 is 9.53 Å². The maximum atomic E-state index is 12.0. The summed E-state index contributed by atoms with van der Waals surface area (Å²) in [5.74, 6) is 0.376. The Morgan fingerprint density at radius 1 is 1.14 bits per heavy atom. The highest BCUT2D eigenvalue weighted by molar-refractivity contribution is 6.30. The van der Waals surface area contributed by atoms with Crippen LogP contribution in [0.1, 0.15) is 0 Å². The zero-order valence-corrected chi connectivity index (χ0v) is 12.4. The Kier molecular flexibility index (Phi) is 4.21. The number of anilines is 1. The quantitative estimate of drug-likeness (QED) is 0.794. The molecule has 110 valence electrons. The van der Waals surface area contributed by atoms with E-state index in [1.165, 1.54) is 0 Å². The summed E-state index contributed by atoms with van der Waals surface area (Å²) in [5, 5.41) is 5.39. The number of hydrogen-bond donors (Lipinski definition) is 1. The highest BCUT2D eigenvalue weighted by atomic mass is 35.5. The number of nitrogens with zero attached hydrogens (tertiary/aromatic N) is 1. The fourth-order valence-electron chi connectivity index (χ4n) is 2.10. The van der Waals surface area contributed by atoms with Crippen molar-refractivity contribution in [3.63, 3.8) is 0 Å². The smallest absolute Gasteiger partial charge is 0.262 e. The van der Waals surface area contributed by atoms with E-state index in [1.54, 1.807) is 36.7 Å².